The maximum absolute atomic E-state index is 9.87. The molecule has 1 heterocycles. The van der Waals surface area contributed by atoms with Crippen LogP contribution in [0.1, 0.15) is 27.2 Å². The van der Waals surface area contributed by atoms with E-state index in [9.17, 15) is 5.11 Å². The van der Waals surface area contributed by atoms with Crippen molar-refractivity contribution in [3.05, 3.63) is 11.6 Å². The largest absolute Gasteiger partial charge is 0.410 e. The molecule has 2 unspecified atom stereocenters. The third-order valence-electron chi connectivity index (χ3n) is 7.32. The first-order valence-corrected chi connectivity index (χ1v) is 12.8. The van der Waals surface area contributed by atoms with Gasteiger partial charge in [-0.15, -0.1) is 0 Å². The molecule has 3 nitrogen and oxygen atoms in total. The molecule has 1 aliphatic heterocycles. The van der Waals surface area contributed by atoms with Crippen molar-refractivity contribution in [2.45, 2.75) is 68.5 Å². The molecule has 0 amide bonds. The van der Waals surface area contributed by atoms with E-state index >= 15 is 0 Å². The number of fused-ring (bicyclic) bond motifs is 2. The predicted octanol–water partition coefficient (Wildman–Crippen LogP) is 3.72. The predicted molar refractivity (Wildman–Crippen MR) is 97.2 cm³/mol. The number of aliphatic hydroxyl groups excluding tert-OH is 1. The Labute approximate surface area is 149 Å². The van der Waals surface area contributed by atoms with Crippen molar-refractivity contribution in [1.29, 1.82) is 0 Å². The maximum atomic E-state index is 9.87. The fraction of sp³-hybridized carbons (Fsp3) is 0.889. The Morgan fingerprint density at radius 1 is 1.30 bits per heavy atom. The Morgan fingerprint density at radius 3 is 2.61 bits per heavy atom. The molecule has 1 saturated heterocycles. The minimum Gasteiger partial charge on any atom is -0.410 e. The van der Waals surface area contributed by atoms with E-state index in [2.05, 4.69) is 55.9 Å². The van der Waals surface area contributed by atoms with Crippen LogP contribution in [-0.2, 0) is 9.16 Å². The molecule has 0 aromatic heterocycles. The number of hydrogen-bond donors (Lipinski definition) is 1. The van der Waals surface area contributed by atoms with Crippen LogP contribution in [0.3, 0.4) is 0 Å². The van der Waals surface area contributed by atoms with E-state index in [4.69, 9.17) is 9.16 Å². The molecule has 5 heteroatoms. The van der Waals surface area contributed by atoms with Gasteiger partial charge in [-0.05, 0) is 47.9 Å². The Kier molecular flexibility index (Phi) is 3.76. The maximum Gasteiger partial charge on any atom is 0.192 e. The van der Waals surface area contributed by atoms with Crippen molar-refractivity contribution >= 4 is 24.2 Å². The van der Waals surface area contributed by atoms with Crippen molar-refractivity contribution in [1.82, 2.24) is 0 Å². The van der Waals surface area contributed by atoms with Gasteiger partial charge in [0, 0.05) is 10.7 Å². The van der Waals surface area contributed by atoms with E-state index in [-0.39, 0.29) is 23.9 Å². The van der Waals surface area contributed by atoms with Crippen LogP contribution < -0.4 is 0 Å². The van der Waals surface area contributed by atoms with E-state index in [1.165, 1.54) is 6.42 Å². The fourth-order valence-electron chi connectivity index (χ4n) is 5.22. The number of rotatable bonds is 3. The summed E-state index contributed by atoms with van der Waals surface area (Å²) in [6.45, 7) is 11.7. The quantitative estimate of drug-likeness (QED) is 0.445. The van der Waals surface area contributed by atoms with Gasteiger partial charge >= 0.3 is 0 Å². The van der Waals surface area contributed by atoms with Crippen LogP contribution in [-0.4, -0.2) is 43.2 Å². The van der Waals surface area contributed by atoms with E-state index in [1.54, 1.807) is 0 Å². The molecule has 4 rings (SSSR count). The molecule has 2 saturated carbocycles. The number of aliphatic hydroxyl groups is 1. The second-order valence-corrected chi connectivity index (χ2v) is 15.2. The number of hydrogen-bond acceptors (Lipinski definition) is 3. The zero-order chi connectivity index (χ0) is 16.7. The summed E-state index contributed by atoms with van der Waals surface area (Å²) >= 11 is 3.92. The summed E-state index contributed by atoms with van der Waals surface area (Å²) in [5.41, 5.74) is 1.06. The molecule has 23 heavy (non-hydrogen) atoms. The molecule has 3 fully saturated rings. The van der Waals surface area contributed by atoms with E-state index in [0.717, 1.165) is 5.57 Å². The number of ether oxygens (including phenoxy) is 1. The lowest BCUT2D eigenvalue weighted by atomic mass is 9.70. The molecular weight excluding hydrogens is 372 g/mol. The van der Waals surface area contributed by atoms with Gasteiger partial charge in [0.25, 0.3) is 0 Å². The van der Waals surface area contributed by atoms with Crippen LogP contribution in [0, 0.1) is 23.7 Å². The lowest BCUT2D eigenvalue weighted by Gasteiger charge is -2.45. The number of alkyl halides is 1. The molecule has 4 aliphatic rings. The Bertz CT molecular complexity index is 541. The van der Waals surface area contributed by atoms with Gasteiger partial charge in [0.1, 0.15) is 0 Å². The monoisotopic (exact) mass is 400 g/mol. The Balaban J connectivity index is 1.69. The SMILES string of the molecule is CC(C)(C)[Si](C)(C)O[C@H]1C=C(CO)[C@@H]2O[C@@H]3[C@H](Br)[C@@H]4C[C@H]3C2C14. The Hall–Kier alpha value is 0.317. The smallest absolute Gasteiger partial charge is 0.192 e. The highest BCUT2D eigenvalue weighted by Gasteiger charge is 2.68. The first-order chi connectivity index (χ1) is 10.7. The van der Waals surface area contributed by atoms with Crippen LogP contribution in [0.2, 0.25) is 18.1 Å². The van der Waals surface area contributed by atoms with E-state index in [0.29, 0.717) is 34.6 Å². The van der Waals surface area contributed by atoms with Gasteiger partial charge in [-0.25, -0.2) is 0 Å². The lowest BCUT2D eigenvalue weighted by molar-refractivity contribution is 0.0396. The summed E-state index contributed by atoms with van der Waals surface area (Å²) in [6.07, 6.45) is 4.10. The minimum absolute atomic E-state index is 0.0995. The van der Waals surface area contributed by atoms with E-state index in [1.807, 2.05) is 0 Å². The molecule has 2 bridgehead atoms. The molecule has 0 spiro atoms. The molecule has 3 aliphatic carbocycles. The fourth-order valence-corrected chi connectivity index (χ4v) is 7.57. The summed E-state index contributed by atoms with van der Waals surface area (Å²) in [6, 6.07) is 0. The minimum atomic E-state index is -1.83. The summed E-state index contributed by atoms with van der Waals surface area (Å²) in [4.78, 5) is 0.454. The molecular formula is C18H29BrO3Si. The van der Waals surface area contributed by atoms with Crippen molar-refractivity contribution in [2.24, 2.45) is 23.7 Å². The van der Waals surface area contributed by atoms with Crippen LogP contribution in [0.5, 0.6) is 0 Å². The number of halogens is 1. The second-order valence-electron chi connectivity index (χ2n) is 9.43. The van der Waals surface area contributed by atoms with Gasteiger partial charge in [0.05, 0.1) is 24.9 Å². The molecule has 8 atom stereocenters. The average molecular weight is 401 g/mol. The third-order valence-corrected chi connectivity index (χ3v) is 13.0. The van der Waals surface area contributed by atoms with E-state index < -0.39 is 8.32 Å². The zero-order valence-corrected chi connectivity index (χ0v) is 17.3. The van der Waals surface area contributed by atoms with Crippen LogP contribution in [0.25, 0.3) is 0 Å². The van der Waals surface area contributed by atoms with Gasteiger partial charge < -0.3 is 14.3 Å². The molecule has 0 radical (unpaired) electrons. The first kappa shape index (κ1) is 16.8. The topological polar surface area (TPSA) is 38.7 Å². The molecule has 0 aromatic rings. The average Bonchev–Trinajstić information content (AvgIpc) is 3.06. The van der Waals surface area contributed by atoms with Gasteiger partial charge in [0.2, 0.25) is 0 Å². The van der Waals surface area contributed by atoms with Crippen molar-refractivity contribution < 1.29 is 14.3 Å². The summed E-state index contributed by atoms with van der Waals surface area (Å²) < 4.78 is 13.2. The standard InChI is InChI=1S/C18H29BrO3Si/c1-18(2,3)23(4,5)22-12-6-9(8-20)16-14-11-7-10(13(12)14)15(19)17(11)21-16/h6,10-17,20H,7-8H2,1-5H3/t10-,11+,12+,13?,14?,15-,16+,17+/m1/s1. The van der Waals surface area contributed by atoms with Crippen molar-refractivity contribution in [3.63, 3.8) is 0 Å². The van der Waals surface area contributed by atoms with Gasteiger partial charge in [-0.2, -0.15) is 0 Å². The zero-order valence-electron chi connectivity index (χ0n) is 14.8. The van der Waals surface area contributed by atoms with Crippen LogP contribution in [0.15, 0.2) is 11.6 Å². The highest BCUT2D eigenvalue weighted by Crippen LogP contribution is 2.65. The van der Waals surface area contributed by atoms with Crippen LogP contribution >= 0.6 is 15.9 Å². The summed E-state index contributed by atoms with van der Waals surface area (Å²) in [7, 11) is -1.83. The summed E-state index contributed by atoms with van der Waals surface area (Å²) in [5, 5.41) is 10.1. The molecule has 0 aromatic carbocycles. The van der Waals surface area contributed by atoms with Gasteiger partial charge in [-0.1, -0.05) is 42.8 Å². The molecule has 1 N–H and O–H groups in total. The lowest BCUT2D eigenvalue weighted by Crippen LogP contribution is -2.51. The third kappa shape index (κ3) is 2.23. The second kappa shape index (κ2) is 5.16. The van der Waals surface area contributed by atoms with Gasteiger partial charge in [-0.3, -0.25) is 0 Å². The van der Waals surface area contributed by atoms with Crippen LogP contribution in [0.4, 0.5) is 0 Å². The Morgan fingerprint density at radius 2 is 2.00 bits per heavy atom. The van der Waals surface area contributed by atoms with Crippen molar-refractivity contribution in [3.8, 4) is 0 Å². The molecule has 130 valence electrons. The normalized spacial score (nSPS) is 48.0. The highest BCUT2D eigenvalue weighted by molar-refractivity contribution is 9.09. The summed E-state index contributed by atoms with van der Waals surface area (Å²) in [5.74, 6) is 2.42. The highest BCUT2D eigenvalue weighted by atomic mass is 79.9. The van der Waals surface area contributed by atoms with Crippen molar-refractivity contribution in [2.75, 3.05) is 6.61 Å². The first-order valence-electron chi connectivity index (χ1n) is 8.94. The van der Waals surface area contributed by atoms with Gasteiger partial charge in [0.15, 0.2) is 8.32 Å².